The average Bonchev–Trinajstić information content (AvgIpc) is 1.88. The fourth-order valence-electron chi connectivity index (χ4n) is 0.587. The zero-order valence-electron chi connectivity index (χ0n) is 5.05. The molecule has 0 N–H and O–H groups in total. The largest absolute Gasteiger partial charge is 0.309 e. The Morgan fingerprint density at radius 3 is 3.00 bits per heavy atom. The maximum atomic E-state index is 5.61. The van der Waals surface area contributed by atoms with Gasteiger partial charge in [-0.2, -0.15) is 0 Å². The van der Waals surface area contributed by atoms with Crippen molar-refractivity contribution in [3.8, 4) is 0 Å². The summed E-state index contributed by atoms with van der Waals surface area (Å²) in [4.78, 5) is 4.00. The van der Waals surface area contributed by atoms with E-state index in [9.17, 15) is 0 Å². The molecule has 1 aromatic rings. The minimum absolute atomic E-state index is 0.501. The van der Waals surface area contributed by atoms with E-state index in [1.165, 1.54) is 0 Å². The third kappa shape index (κ3) is 2.40. The molecule has 0 atom stereocenters. The Morgan fingerprint density at radius 2 is 2.40 bits per heavy atom. The fourth-order valence-corrected chi connectivity index (χ4v) is 1.09. The number of rotatable bonds is 2. The second-order valence-electron chi connectivity index (χ2n) is 1.71. The first-order chi connectivity index (χ1) is 4.83. The number of pyridine rings is 1. The lowest BCUT2D eigenvalue weighted by molar-refractivity contribution is 0.411. The average molecular weight is 269 g/mol. The molecule has 0 aromatic carbocycles. The molecule has 0 fully saturated rings. The number of hydrogen-bond acceptors (Lipinski definition) is 2. The van der Waals surface area contributed by atoms with Crippen LogP contribution in [0.4, 0.5) is 0 Å². The molecule has 0 saturated heterocycles. The van der Waals surface area contributed by atoms with Crippen LogP contribution in [0.3, 0.4) is 0 Å². The highest BCUT2D eigenvalue weighted by Gasteiger charge is 1.93. The molecule has 10 heavy (non-hydrogen) atoms. The molecule has 4 heteroatoms. The van der Waals surface area contributed by atoms with Crippen LogP contribution < -0.4 is 0 Å². The van der Waals surface area contributed by atoms with Gasteiger partial charge in [0.2, 0.25) is 0 Å². The molecule has 1 rings (SSSR count). The van der Waals surface area contributed by atoms with E-state index in [4.69, 9.17) is 14.7 Å². The smallest absolute Gasteiger partial charge is 0.129 e. The van der Waals surface area contributed by atoms with E-state index < -0.39 is 0 Å². The maximum Gasteiger partial charge on any atom is 0.129 e. The second kappa shape index (κ2) is 4.10. The van der Waals surface area contributed by atoms with Gasteiger partial charge in [0.1, 0.15) is 34.8 Å². The summed E-state index contributed by atoms with van der Waals surface area (Å²) in [6, 6.07) is 5.45. The van der Waals surface area contributed by atoms with Crippen molar-refractivity contribution in [2.24, 2.45) is 0 Å². The molecule has 0 aliphatic heterocycles. The van der Waals surface area contributed by atoms with Gasteiger partial charge in [-0.05, 0) is 12.1 Å². The maximum absolute atomic E-state index is 5.61. The summed E-state index contributed by atoms with van der Waals surface area (Å²) in [6.45, 7) is 0.501. The lowest BCUT2D eigenvalue weighted by Gasteiger charge is -1.95. The van der Waals surface area contributed by atoms with Gasteiger partial charge in [-0.25, -0.2) is 4.98 Å². The molecular weight excluding hydrogens is 264 g/mol. The standard InChI is InChI=1S/C6H5ClINO/c7-6-3-1-2-5(9-6)4-10-8/h1-3H,4H2. The highest BCUT2D eigenvalue weighted by molar-refractivity contribution is 14.1. The van der Waals surface area contributed by atoms with Crippen molar-refractivity contribution < 1.29 is 3.07 Å². The summed E-state index contributed by atoms with van der Waals surface area (Å²) >= 11 is 7.43. The van der Waals surface area contributed by atoms with Crippen LogP contribution in [0, 0.1) is 0 Å². The van der Waals surface area contributed by atoms with Gasteiger partial charge in [-0.1, -0.05) is 17.7 Å². The molecule has 0 saturated carbocycles. The lowest BCUT2D eigenvalue weighted by atomic mass is 10.4. The summed E-state index contributed by atoms with van der Waals surface area (Å²) in [5, 5.41) is 0.506. The molecular formula is C6H5ClINO. The van der Waals surface area contributed by atoms with E-state index in [2.05, 4.69) is 4.98 Å². The molecule has 54 valence electrons. The minimum atomic E-state index is 0.501. The zero-order valence-corrected chi connectivity index (χ0v) is 7.96. The van der Waals surface area contributed by atoms with Crippen molar-refractivity contribution in [2.45, 2.75) is 6.61 Å². The summed E-state index contributed by atoms with van der Waals surface area (Å²) < 4.78 is 4.83. The number of aromatic nitrogens is 1. The van der Waals surface area contributed by atoms with Gasteiger partial charge in [0, 0.05) is 0 Å². The topological polar surface area (TPSA) is 22.1 Å². The van der Waals surface area contributed by atoms with Crippen LogP contribution >= 0.6 is 34.6 Å². The van der Waals surface area contributed by atoms with Crippen molar-refractivity contribution in [3.05, 3.63) is 29.0 Å². The number of halogens is 2. The van der Waals surface area contributed by atoms with Crippen LogP contribution in [0.5, 0.6) is 0 Å². The monoisotopic (exact) mass is 269 g/mol. The first kappa shape index (κ1) is 8.23. The van der Waals surface area contributed by atoms with Crippen molar-refractivity contribution in [1.82, 2.24) is 4.98 Å². The van der Waals surface area contributed by atoms with Crippen molar-refractivity contribution in [1.29, 1.82) is 0 Å². The highest BCUT2D eigenvalue weighted by Crippen LogP contribution is 2.06. The van der Waals surface area contributed by atoms with Crippen LogP contribution in [0.15, 0.2) is 18.2 Å². The van der Waals surface area contributed by atoms with Gasteiger partial charge in [0.05, 0.1) is 5.69 Å². The molecule has 0 aliphatic rings. The third-order valence-electron chi connectivity index (χ3n) is 0.975. The number of nitrogens with zero attached hydrogens (tertiary/aromatic N) is 1. The van der Waals surface area contributed by atoms with E-state index in [-0.39, 0.29) is 0 Å². The zero-order chi connectivity index (χ0) is 7.40. The minimum Gasteiger partial charge on any atom is -0.309 e. The van der Waals surface area contributed by atoms with Crippen molar-refractivity contribution in [2.75, 3.05) is 0 Å². The van der Waals surface area contributed by atoms with Crippen LogP contribution in [0.25, 0.3) is 0 Å². The predicted octanol–water partition coefficient (Wildman–Crippen LogP) is 2.60. The molecule has 1 heterocycles. The van der Waals surface area contributed by atoms with Gasteiger partial charge in [-0.15, -0.1) is 0 Å². The van der Waals surface area contributed by atoms with E-state index >= 15 is 0 Å². The van der Waals surface area contributed by atoms with Crippen LogP contribution in [0.2, 0.25) is 5.15 Å². The van der Waals surface area contributed by atoms with Crippen LogP contribution in [-0.4, -0.2) is 4.98 Å². The van der Waals surface area contributed by atoms with Crippen LogP contribution in [-0.2, 0) is 9.67 Å². The first-order valence-electron chi connectivity index (χ1n) is 2.68. The van der Waals surface area contributed by atoms with Gasteiger partial charge in [-0.3, -0.25) is 0 Å². The van der Waals surface area contributed by atoms with E-state index in [1.54, 1.807) is 6.07 Å². The molecule has 0 spiro atoms. The molecule has 0 bridgehead atoms. The third-order valence-corrected chi connectivity index (χ3v) is 1.50. The Bertz CT molecular complexity index is 219. The van der Waals surface area contributed by atoms with Crippen molar-refractivity contribution in [3.63, 3.8) is 0 Å². The Balaban J connectivity index is 2.75. The predicted molar refractivity (Wildman–Crippen MR) is 48.1 cm³/mol. The first-order valence-corrected chi connectivity index (χ1v) is 3.94. The molecule has 0 aliphatic carbocycles. The van der Waals surface area contributed by atoms with E-state index in [0.29, 0.717) is 11.8 Å². The second-order valence-corrected chi connectivity index (χ2v) is 2.72. The van der Waals surface area contributed by atoms with Gasteiger partial charge in [0.25, 0.3) is 0 Å². The Labute approximate surface area is 78.2 Å². The Kier molecular flexibility index (Phi) is 3.37. The molecule has 2 nitrogen and oxygen atoms in total. The van der Waals surface area contributed by atoms with Gasteiger partial charge >= 0.3 is 0 Å². The molecule has 1 aromatic heterocycles. The molecule has 0 amide bonds. The van der Waals surface area contributed by atoms with Gasteiger partial charge < -0.3 is 3.07 Å². The quantitative estimate of drug-likeness (QED) is 0.608. The Morgan fingerprint density at radius 1 is 1.60 bits per heavy atom. The molecule has 0 unspecified atom stereocenters. The fraction of sp³-hybridized carbons (Fsp3) is 0.167. The van der Waals surface area contributed by atoms with E-state index in [0.717, 1.165) is 5.69 Å². The summed E-state index contributed by atoms with van der Waals surface area (Å²) in [5.74, 6) is 0. The normalized spacial score (nSPS) is 9.80. The van der Waals surface area contributed by atoms with Crippen LogP contribution in [0.1, 0.15) is 5.69 Å². The molecule has 0 radical (unpaired) electrons. The summed E-state index contributed by atoms with van der Waals surface area (Å²) in [5.41, 5.74) is 0.849. The summed E-state index contributed by atoms with van der Waals surface area (Å²) in [7, 11) is 0. The van der Waals surface area contributed by atoms with E-state index in [1.807, 2.05) is 35.1 Å². The lowest BCUT2D eigenvalue weighted by Crippen LogP contribution is -1.87. The number of hydrogen-bond donors (Lipinski definition) is 0. The SMILES string of the molecule is Clc1cccc(COI)n1. The Hall–Kier alpha value is 0.130. The highest BCUT2D eigenvalue weighted by atomic mass is 127. The summed E-state index contributed by atoms with van der Waals surface area (Å²) in [6.07, 6.45) is 0. The van der Waals surface area contributed by atoms with Gasteiger partial charge in [0.15, 0.2) is 0 Å². The van der Waals surface area contributed by atoms with Crippen molar-refractivity contribution >= 4 is 34.6 Å².